The molecule has 0 bridgehead atoms. The van der Waals surface area contributed by atoms with Gasteiger partial charge in [-0.05, 0) is 24.7 Å². The zero-order valence-electron chi connectivity index (χ0n) is 9.29. The molecule has 0 fully saturated rings. The first-order chi connectivity index (χ1) is 6.46. The van der Waals surface area contributed by atoms with E-state index in [2.05, 4.69) is 32.9 Å². The van der Waals surface area contributed by atoms with Gasteiger partial charge in [0.25, 0.3) is 0 Å². The molecule has 0 saturated heterocycles. The summed E-state index contributed by atoms with van der Waals surface area (Å²) in [6.45, 7) is 6.41. The van der Waals surface area contributed by atoms with Crippen LogP contribution >= 0.6 is 0 Å². The van der Waals surface area contributed by atoms with E-state index in [-0.39, 0.29) is 11.8 Å². The lowest BCUT2D eigenvalue weighted by atomic mass is 9.67. The predicted molar refractivity (Wildman–Crippen MR) is 57.1 cm³/mol. The van der Waals surface area contributed by atoms with Crippen molar-refractivity contribution in [3.63, 3.8) is 0 Å². The molecule has 0 amide bonds. The van der Waals surface area contributed by atoms with E-state index < -0.39 is 5.97 Å². The smallest absolute Gasteiger partial charge is 0.304 e. The van der Waals surface area contributed by atoms with Gasteiger partial charge in [0.1, 0.15) is 0 Å². The molecule has 1 aliphatic rings. The van der Waals surface area contributed by atoms with E-state index in [1.54, 1.807) is 0 Å². The lowest BCUT2D eigenvalue weighted by Crippen LogP contribution is -2.31. The van der Waals surface area contributed by atoms with Gasteiger partial charge in [-0.1, -0.05) is 32.9 Å². The van der Waals surface area contributed by atoms with Crippen LogP contribution in [0, 0.1) is 17.3 Å². The lowest BCUT2D eigenvalue weighted by molar-refractivity contribution is -0.140. The van der Waals surface area contributed by atoms with Crippen molar-refractivity contribution in [2.45, 2.75) is 40.0 Å². The fourth-order valence-corrected chi connectivity index (χ4v) is 2.15. The van der Waals surface area contributed by atoms with Crippen molar-refractivity contribution in [2.75, 3.05) is 0 Å². The van der Waals surface area contributed by atoms with Crippen LogP contribution in [-0.4, -0.2) is 11.1 Å². The first kappa shape index (κ1) is 11.3. The number of hydrogen-bond donors (Lipinski definition) is 1. The molecule has 0 aromatic heterocycles. The maximum atomic E-state index is 10.8. The summed E-state index contributed by atoms with van der Waals surface area (Å²) in [7, 11) is 0. The summed E-state index contributed by atoms with van der Waals surface area (Å²) in [6, 6.07) is 0. The topological polar surface area (TPSA) is 37.3 Å². The minimum atomic E-state index is -0.682. The van der Waals surface area contributed by atoms with Gasteiger partial charge in [0.15, 0.2) is 0 Å². The van der Waals surface area contributed by atoms with Crippen LogP contribution in [0.15, 0.2) is 12.2 Å². The van der Waals surface area contributed by atoms with Gasteiger partial charge >= 0.3 is 5.97 Å². The molecule has 14 heavy (non-hydrogen) atoms. The number of carboxylic acid groups (broad SMARTS) is 1. The van der Waals surface area contributed by atoms with E-state index in [4.69, 9.17) is 5.11 Å². The Morgan fingerprint density at radius 3 is 2.64 bits per heavy atom. The van der Waals surface area contributed by atoms with Crippen molar-refractivity contribution in [1.29, 1.82) is 0 Å². The number of rotatable bonds is 3. The van der Waals surface area contributed by atoms with E-state index in [0.717, 1.165) is 12.8 Å². The Morgan fingerprint density at radius 2 is 2.29 bits per heavy atom. The molecule has 0 radical (unpaired) electrons. The molecule has 2 unspecified atom stereocenters. The second kappa shape index (κ2) is 4.16. The van der Waals surface area contributed by atoms with Crippen LogP contribution in [0.5, 0.6) is 0 Å². The van der Waals surface area contributed by atoms with Crippen molar-refractivity contribution in [3.8, 4) is 0 Å². The summed E-state index contributed by atoms with van der Waals surface area (Å²) in [5.41, 5.74) is -0.0989. The van der Waals surface area contributed by atoms with Crippen LogP contribution in [0.25, 0.3) is 0 Å². The highest BCUT2D eigenvalue weighted by Crippen LogP contribution is 2.42. The van der Waals surface area contributed by atoms with Crippen LogP contribution in [-0.2, 0) is 4.79 Å². The Balaban J connectivity index is 2.83. The molecule has 1 N–H and O–H groups in total. The monoisotopic (exact) mass is 196 g/mol. The fraction of sp³-hybridized carbons (Fsp3) is 0.750. The van der Waals surface area contributed by atoms with E-state index in [1.807, 2.05) is 0 Å². The van der Waals surface area contributed by atoms with E-state index in [1.165, 1.54) is 0 Å². The third-order valence-electron chi connectivity index (χ3n) is 3.45. The van der Waals surface area contributed by atoms with Crippen LogP contribution in [0.3, 0.4) is 0 Å². The van der Waals surface area contributed by atoms with Crippen molar-refractivity contribution in [2.24, 2.45) is 17.3 Å². The highest BCUT2D eigenvalue weighted by Gasteiger charge is 2.35. The molecule has 2 atom stereocenters. The maximum absolute atomic E-state index is 10.8. The molecule has 0 aromatic rings. The Labute approximate surface area is 86.0 Å². The van der Waals surface area contributed by atoms with Crippen LogP contribution in [0.2, 0.25) is 0 Å². The van der Waals surface area contributed by atoms with E-state index in [9.17, 15) is 4.79 Å². The van der Waals surface area contributed by atoms with Crippen molar-refractivity contribution >= 4 is 5.97 Å². The molecule has 0 aliphatic heterocycles. The van der Waals surface area contributed by atoms with Crippen LogP contribution in [0.4, 0.5) is 0 Å². The highest BCUT2D eigenvalue weighted by atomic mass is 16.4. The minimum Gasteiger partial charge on any atom is -0.481 e. The van der Waals surface area contributed by atoms with Crippen LogP contribution < -0.4 is 0 Å². The number of carbonyl (C=O) groups is 1. The molecule has 1 aliphatic carbocycles. The highest BCUT2D eigenvalue weighted by molar-refractivity contribution is 5.68. The van der Waals surface area contributed by atoms with Crippen molar-refractivity contribution in [3.05, 3.63) is 12.2 Å². The van der Waals surface area contributed by atoms with Gasteiger partial charge < -0.3 is 5.11 Å². The van der Waals surface area contributed by atoms with Crippen LogP contribution in [0.1, 0.15) is 40.0 Å². The number of aliphatic carboxylic acids is 1. The average Bonchev–Trinajstić information content (AvgIpc) is 2.08. The van der Waals surface area contributed by atoms with Gasteiger partial charge in [-0.2, -0.15) is 0 Å². The fourth-order valence-electron chi connectivity index (χ4n) is 2.15. The summed E-state index contributed by atoms with van der Waals surface area (Å²) in [5.74, 6) is 0.330. The molecule has 1 rings (SSSR count). The van der Waals surface area contributed by atoms with Gasteiger partial charge in [-0.25, -0.2) is 0 Å². The number of carboxylic acids is 1. The Kier molecular flexibility index (Phi) is 3.35. The molecule has 2 heteroatoms. The Bertz CT molecular complexity index is 243. The first-order valence-electron chi connectivity index (χ1n) is 5.37. The second-order valence-corrected chi connectivity index (χ2v) is 4.83. The molecule has 2 nitrogen and oxygen atoms in total. The molecule has 0 aromatic carbocycles. The molecular weight excluding hydrogens is 176 g/mol. The molecular formula is C12H20O2. The van der Waals surface area contributed by atoms with Gasteiger partial charge in [0.05, 0.1) is 6.42 Å². The normalized spacial score (nSPS) is 32.1. The average molecular weight is 196 g/mol. The zero-order chi connectivity index (χ0) is 10.8. The number of allylic oxidation sites excluding steroid dienone is 2. The third-order valence-corrected chi connectivity index (χ3v) is 3.45. The molecule has 0 saturated carbocycles. The van der Waals surface area contributed by atoms with E-state index in [0.29, 0.717) is 11.8 Å². The first-order valence-corrected chi connectivity index (χ1v) is 5.37. The summed E-state index contributed by atoms with van der Waals surface area (Å²) < 4.78 is 0. The predicted octanol–water partition coefficient (Wildman–Crippen LogP) is 3.09. The number of hydrogen-bond acceptors (Lipinski definition) is 1. The SMILES string of the molecule is CC1C=CC(CC(=O)O)(C(C)C)CC1. The maximum Gasteiger partial charge on any atom is 0.304 e. The lowest BCUT2D eigenvalue weighted by Gasteiger charge is -2.37. The molecule has 80 valence electrons. The quantitative estimate of drug-likeness (QED) is 0.704. The van der Waals surface area contributed by atoms with Gasteiger partial charge in [-0.3, -0.25) is 4.79 Å². The van der Waals surface area contributed by atoms with Gasteiger partial charge in [-0.15, -0.1) is 0 Å². The van der Waals surface area contributed by atoms with Crippen molar-refractivity contribution in [1.82, 2.24) is 0 Å². The molecule has 0 spiro atoms. The zero-order valence-corrected chi connectivity index (χ0v) is 9.29. The Morgan fingerprint density at radius 1 is 1.64 bits per heavy atom. The van der Waals surface area contributed by atoms with Gasteiger partial charge in [0.2, 0.25) is 0 Å². The molecule has 0 heterocycles. The standard InChI is InChI=1S/C12H20O2/c1-9(2)12(8-11(13)14)6-4-10(3)5-7-12/h4,6,9-10H,5,7-8H2,1-3H3,(H,13,14). The van der Waals surface area contributed by atoms with Crippen molar-refractivity contribution < 1.29 is 9.90 Å². The summed E-state index contributed by atoms with van der Waals surface area (Å²) in [4.78, 5) is 10.8. The summed E-state index contributed by atoms with van der Waals surface area (Å²) >= 11 is 0. The second-order valence-electron chi connectivity index (χ2n) is 4.83. The third kappa shape index (κ3) is 2.37. The van der Waals surface area contributed by atoms with E-state index >= 15 is 0 Å². The summed E-state index contributed by atoms with van der Waals surface area (Å²) in [6.07, 6.45) is 6.71. The Hall–Kier alpha value is -0.790. The minimum absolute atomic E-state index is 0.0989. The largest absolute Gasteiger partial charge is 0.481 e. The van der Waals surface area contributed by atoms with Gasteiger partial charge in [0, 0.05) is 5.41 Å². The summed E-state index contributed by atoms with van der Waals surface area (Å²) in [5, 5.41) is 8.91.